The van der Waals surface area contributed by atoms with Crippen molar-refractivity contribution in [3.05, 3.63) is 88.2 Å². The lowest BCUT2D eigenvalue weighted by atomic mass is 9.80. The Kier molecular flexibility index (Phi) is 4.01. The van der Waals surface area contributed by atoms with Gasteiger partial charge in [0.25, 0.3) is 0 Å². The predicted molar refractivity (Wildman–Crippen MR) is 117 cm³/mol. The molecule has 4 heteroatoms. The molecule has 146 valence electrons. The van der Waals surface area contributed by atoms with Gasteiger partial charge in [-0.1, -0.05) is 35.9 Å². The Morgan fingerprint density at radius 1 is 1.03 bits per heavy atom. The van der Waals surface area contributed by atoms with E-state index in [1.165, 1.54) is 11.6 Å². The Bertz CT molecular complexity index is 1180. The van der Waals surface area contributed by atoms with Crippen LogP contribution in [-0.2, 0) is 0 Å². The highest BCUT2D eigenvalue weighted by Gasteiger charge is 2.34. The molecule has 3 aromatic carbocycles. The van der Waals surface area contributed by atoms with E-state index in [1.54, 1.807) is 12.1 Å². The highest BCUT2D eigenvalue weighted by Crippen LogP contribution is 2.51. The van der Waals surface area contributed by atoms with Gasteiger partial charge < -0.3 is 10.1 Å². The number of hydrogen-bond donors (Lipinski definition) is 1. The number of benzene rings is 3. The SMILES string of the molecule is CC1=CC(C)(C)Nc2ccc3c(c21)C(c1cccc(F)c1)Oc1ccc(Cl)cc1-3. The van der Waals surface area contributed by atoms with E-state index in [-0.39, 0.29) is 11.4 Å². The van der Waals surface area contributed by atoms with Gasteiger partial charge in [0.2, 0.25) is 0 Å². The first kappa shape index (κ1) is 18.3. The lowest BCUT2D eigenvalue weighted by Crippen LogP contribution is -2.32. The van der Waals surface area contributed by atoms with Gasteiger partial charge in [-0.25, -0.2) is 4.39 Å². The Balaban J connectivity index is 1.82. The van der Waals surface area contributed by atoms with Crippen molar-refractivity contribution in [2.24, 2.45) is 0 Å². The lowest BCUT2D eigenvalue weighted by molar-refractivity contribution is 0.243. The monoisotopic (exact) mass is 405 g/mol. The third kappa shape index (κ3) is 3.01. The quantitative estimate of drug-likeness (QED) is 0.460. The summed E-state index contributed by atoms with van der Waals surface area (Å²) in [4.78, 5) is 0. The van der Waals surface area contributed by atoms with E-state index >= 15 is 0 Å². The molecule has 0 aliphatic carbocycles. The van der Waals surface area contributed by atoms with Crippen molar-refractivity contribution < 1.29 is 9.13 Å². The Morgan fingerprint density at radius 3 is 2.66 bits per heavy atom. The topological polar surface area (TPSA) is 21.3 Å². The highest BCUT2D eigenvalue weighted by atomic mass is 35.5. The molecule has 0 saturated heterocycles. The summed E-state index contributed by atoms with van der Waals surface area (Å²) >= 11 is 6.30. The molecule has 2 aliphatic heterocycles. The number of hydrogen-bond acceptors (Lipinski definition) is 2. The summed E-state index contributed by atoms with van der Waals surface area (Å²) in [6.07, 6.45) is 1.82. The average Bonchev–Trinajstić information content (AvgIpc) is 2.65. The molecule has 2 nitrogen and oxygen atoms in total. The van der Waals surface area contributed by atoms with Gasteiger partial charge in [0.05, 0.1) is 5.54 Å². The van der Waals surface area contributed by atoms with Crippen LogP contribution >= 0.6 is 11.6 Å². The zero-order valence-corrected chi connectivity index (χ0v) is 17.3. The van der Waals surface area contributed by atoms with Crippen molar-refractivity contribution in [2.45, 2.75) is 32.4 Å². The molecule has 0 spiro atoms. The summed E-state index contributed by atoms with van der Waals surface area (Å²) in [6.45, 7) is 6.42. The van der Waals surface area contributed by atoms with E-state index in [9.17, 15) is 4.39 Å². The first-order valence-corrected chi connectivity index (χ1v) is 10.1. The molecule has 0 radical (unpaired) electrons. The number of ether oxygens (including phenoxy) is 1. The summed E-state index contributed by atoms with van der Waals surface area (Å²) in [5.74, 6) is 0.479. The summed E-state index contributed by atoms with van der Waals surface area (Å²) in [6, 6.07) is 16.5. The van der Waals surface area contributed by atoms with Gasteiger partial charge in [-0.15, -0.1) is 0 Å². The molecular weight excluding hydrogens is 385 g/mol. The van der Waals surface area contributed by atoms with Crippen molar-refractivity contribution in [1.29, 1.82) is 0 Å². The van der Waals surface area contributed by atoms with Crippen LogP contribution in [0.5, 0.6) is 5.75 Å². The molecule has 0 bridgehead atoms. The maximum atomic E-state index is 14.1. The second-order valence-electron chi connectivity index (χ2n) is 8.32. The second-order valence-corrected chi connectivity index (χ2v) is 8.75. The molecule has 0 saturated carbocycles. The Morgan fingerprint density at radius 2 is 1.86 bits per heavy atom. The minimum absolute atomic E-state index is 0.142. The van der Waals surface area contributed by atoms with Crippen LogP contribution in [-0.4, -0.2) is 5.54 Å². The molecule has 29 heavy (non-hydrogen) atoms. The molecule has 1 atom stereocenters. The van der Waals surface area contributed by atoms with Gasteiger partial charge in [-0.3, -0.25) is 0 Å². The number of nitrogens with one attached hydrogen (secondary N) is 1. The molecule has 5 rings (SSSR count). The van der Waals surface area contributed by atoms with Gasteiger partial charge in [-0.2, -0.15) is 0 Å². The first-order valence-electron chi connectivity index (χ1n) is 9.69. The minimum atomic E-state index is -0.407. The zero-order valence-electron chi connectivity index (χ0n) is 16.5. The maximum absolute atomic E-state index is 14.1. The van der Waals surface area contributed by atoms with Crippen molar-refractivity contribution in [2.75, 3.05) is 5.32 Å². The predicted octanol–water partition coefficient (Wildman–Crippen LogP) is 7.24. The van der Waals surface area contributed by atoms with Gasteiger partial charge in [0, 0.05) is 27.4 Å². The second kappa shape index (κ2) is 6.36. The summed E-state index contributed by atoms with van der Waals surface area (Å²) in [5.41, 5.74) is 7.06. The smallest absolute Gasteiger partial charge is 0.150 e. The summed E-state index contributed by atoms with van der Waals surface area (Å²) < 4.78 is 20.5. The van der Waals surface area contributed by atoms with Gasteiger partial charge >= 0.3 is 0 Å². The van der Waals surface area contributed by atoms with Crippen molar-refractivity contribution in [1.82, 2.24) is 0 Å². The van der Waals surface area contributed by atoms with E-state index in [4.69, 9.17) is 16.3 Å². The van der Waals surface area contributed by atoms with Crippen LogP contribution in [0.15, 0.2) is 60.7 Å². The molecule has 0 aromatic heterocycles. The number of fused-ring (bicyclic) bond motifs is 5. The number of anilines is 1. The van der Waals surface area contributed by atoms with Gasteiger partial charge in [0.1, 0.15) is 11.6 Å². The van der Waals surface area contributed by atoms with E-state index in [0.29, 0.717) is 5.02 Å². The normalized spacial score (nSPS) is 18.5. The van der Waals surface area contributed by atoms with Crippen molar-refractivity contribution >= 4 is 22.9 Å². The van der Waals surface area contributed by atoms with Crippen molar-refractivity contribution in [3.8, 4) is 16.9 Å². The first-order chi connectivity index (χ1) is 13.8. The molecule has 1 N–H and O–H groups in total. The number of allylic oxidation sites excluding steroid dienone is 1. The molecule has 0 amide bonds. The highest BCUT2D eigenvalue weighted by molar-refractivity contribution is 6.31. The van der Waals surface area contributed by atoms with E-state index < -0.39 is 6.10 Å². The molecule has 0 fully saturated rings. The molecule has 1 unspecified atom stereocenters. The Hall–Kier alpha value is -2.78. The van der Waals surface area contributed by atoms with Crippen LogP contribution in [0.25, 0.3) is 16.7 Å². The standard InChI is InChI=1S/C25H21ClFNO/c1-14-13-25(2,3)28-20-9-8-18-19-12-16(26)7-10-21(19)29-24(23(18)22(14)20)15-5-4-6-17(27)11-15/h4-13,24,28H,1-3H3. The number of halogens is 2. The third-order valence-corrected chi connectivity index (χ3v) is 5.80. The van der Waals surface area contributed by atoms with Crippen LogP contribution in [0.3, 0.4) is 0 Å². The average molecular weight is 406 g/mol. The van der Waals surface area contributed by atoms with Gasteiger partial charge in [-0.05, 0) is 73.9 Å². The van der Waals surface area contributed by atoms with Crippen LogP contribution < -0.4 is 10.1 Å². The molecule has 3 aromatic rings. The van der Waals surface area contributed by atoms with E-state index in [2.05, 4.69) is 44.3 Å². The van der Waals surface area contributed by atoms with Crippen LogP contribution in [0.2, 0.25) is 5.02 Å². The molecular formula is C25H21ClFNO. The maximum Gasteiger partial charge on any atom is 0.150 e. The van der Waals surface area contributed by atoms with Crippen LogP contribution in [0.1, 0.15) is 43.6 Å². The minimum Gasteiger partial charge on any atom is -0.480 e. The summed E-state index contributed by atoms with van der Waals surface area (Å²) in [7, 11) is 0. The Labute approximate surface area is 175 Å². The summed E-state index contributed by atoms with van der Waals surface area (Å²) in [5, 5.41) is 4.26. The fourth-order valence-electron chi connectivity index (χ4n) is 4.56. The van der Waals surface area contributed by atoms with Crippen LogP contribution in [0, 0.1) is 5.82 Å². The molecule has 2 aliphatic rings. The van der Waals surface area contributed by atoms with Crippen LogP contribution in [0.4, 0.5) is 10.1 Å². The van der Waals surface area contributed by atoms with Gasteiger partial charge in [0.15, 0.2) is 6.10 Å². The number of rotatable bonds is 1. The fourth-order valence-corrected chi connectivity index (χ4v) is 4.73. The van der Waals surface area contributed by atoms with Crippen molar-refractivity contribution in [3.63, 3.8) is 0 Å². The fraction of sp³-hybridized carbons (Fsp3) is 0.200. The largest absolute Gasteiger partial charge is 0.480 e. The zero-order chi connectivity index (χ0) is 20.3. The molecule has 2 heterocycles. The van der Waals surface area contributed by atoms with E-state index in [1.807, 2.05) is 24.3 Å². The van der Waals surface area contributed by atoms with E-state index in [0.717, 1.165) is 39.3 Å². The third-order valence-electron chi connectivity index (χ3n) is 5.56. The lowest BCUT2D eigenvalue weighted by Gasteiger charge is -2.37.